The summed E-state index contributed by atoms with van der Waals surface area (Å²) in [6.45, 7) is 13.0. The zero-order valence-corrected chi connectivity index (χ0v) is 24.2. The third-order valence-electron chi connectivity index (χ3n) is 6.70. The summed E-state index contributed by atoms with van der Waals surface area (Å²) < 4.78 is 6.06. The van der Waals surface area contributed by atoms with E-state index < -0.39 is 17.7 Å². The van der Waals surface area contributed by atoms with Crippen molar-refractivity contribution in [2.75, 3.05) is 18.5 Å². The van der Waals surface area contributed by atoms with Gasteiger partial charge >= 0.3 is 5.97 Å². The van der Waals surface area contributed by atoms with E-state index >= 15 is 0 Å². The molecule has 208 valence electrons. The highest BCUT2D eigenvalue weighted by Gasteiger charge is 2.35. The fraction of sp³-hybridized carbons (Fsp3) is 0.406. The van der Waals surface area contributed by atoms with E-state index in [1.54, 1.807) is 4.90 Å². The zero-order chi connectivity index (χ0) is 28.7. The van der Waals surface area contributed by atoms with Gasteiger partial charge in [-0.1, -0.05) is 48.5 Å². The fourth-order valence-electron chi connectivity index (χ4n) is 4.80. The average Bonchev–Trinajstić information content (AvgIpc) is 2.88. The summed E-state index contributed by atoms with van der Waals surface area (Å²) in [5, 5.41) is 13.2. The number of carbonyl (C=O) groups excluding carboxylic acids is 1. The molecule has 2 heterocycles. The van der Waals surface area contributed by atoms with E-state index in [-0.39, 0.29) is 0 Å². The molecule has 1 unspecified atom stereocenters. The first-order valence-electron chi connectivity index (χ1n) is 13.4. The Bertz CT molecular complexity index is 1300. The molecule has 0 fully saturated rings. The van der Waals surface area contributed by atoms with Gasteiger partial charge in [0.05, 0.1) is 5.60 Å². The number of nitrogens with one attached hydrogen (secondary N) is 1. The molecule has 0 radical (unpaired) electrons. The van der Waals surface area contributed by atoms with Crippen molar-refractivity contribution in [3.8, 4) is 11.1 Å². The van der Waals surface area contributed by atoms with Gasteiger partial charge in [-0.2, -0.15) is 0 Å². The van der Waals surface area contributed by atoms with Gasteiger partial charge in [0.25, 0.3) is 0 Å². The van der Waals surface area contributed by atoms with Crippen LogP contribution < -0.4 is 10.2 Å². The van der Waals surface area contributed by atoms with Gasteiger partial charge in [0.15, 0.2) is 6.10 Å². The number of carbonyl (C=O) groups is 2. The Kier molecular flexibility index (Phi) is 10.0. The van der Waals surface area contributed by atoms with Crippen LogP contribution in [-0.4, -0.2) is 41.7 Å². The number of aromatic nitrogens is 1. The van der Waals surface area contributed by atoms with Crippen LogP contribution in [0.1, 0.15) is 66.8 Å². The molecule has 0 saturated carbocycles. The molecule has 0 aliphatic carbocycles. The number of aryl methyl sites for hydroxylation is 3. The van der Waals surface area contributed by atoms with Crippen molar-refractivity contribution in [3.05, 3.63) is 82.0 Å². The highest BCUT2D eigenvalue weighted by atomic mass is 16.5. The number of fused-ring (bicyclic) bond motifs is 1. The van der Waals surface area contributed by atoms with Gasteiger partial charge in [0.2, 0.25) is 6.41 Å². The van der Waals surface area contributed by atoms with Crippen LogP contribution in [0.2, 0.25) is 0 Å². The van der Waals surface area contributed by atoms with Gasteiger partial charge in [-0.15, -0.1) is 0 Å². The number of benzene rings is 2. The number of rotatable bonds is 7. The number of hydrogen-bond donors (Lipinski definition) is 2. The van der Waals surface area contributed by atoms with Crippen molar-refractivity contribution >= 4 is 18.2 Å². The Labute approximate surface area is 232 Å². The van der Waals surface area contributed by atoms with Gasteiger partial charge in [-0.05, 0) is 83.7 Å². The molecule has 0 spiro atoms. The largest absolute Gasteiger partial charge is 0.479 e. The van der Waals surface area contributed by atoms with Crippen molar-refractivity contribution in [2.45, 2.75) is 72.6 Å². The molecule has 0 bridgehead atoms. The fourth-order valence-corrected chi connectivity index (χ4v) is 4.80. The average molecular weight is 532 g/mol. The summed E-state index contributed by atoms with van der Waals surface area (Å²) in [7, 11) is 1.95. The molecule has 1 atom stereocenters. The molecule has 39 heavy (non-hydrogen) atoms. The van der Waals surface area contributed by atoms with E-state index in [2.05, 4.69) is 23.5 Å². The summed E-state index contributed by atoms with van der Waals surface area (Å²) in [4.78, 5) is 30.4. The van der Waals surface area contributed by atoms with E-state index in [0.717, 1.165) is 47.2 Å². The predicted octanol–water partition coefficient (Wildman–Crippen LogP) is 5.93. The molecular formula is C32H41N3O4. The summed E-state index contributed by atoms with van der Waals surface area (Å²) >= 11 is 0. The van der Waals surface area contributed by atoms with Gasteiger partial charge in [-0.3, -0.25) is 9.69 Å². The van der Waals surface area contributed by atoms with E-state index in [1.807, 2.05) is 78.9 Å². The maximum Gasteiger partial charge on any atom is 0.337 e. The lowest BCUT2D eigenvalue weighted by Gasteiger charge is -2.33. The Morgan fingerprint density at radius 1 is 1.13 bits per heavy atom. The third-order valence-corrected chi connectivity index (χ3v) is 6.70. The minimum Gasteiger partial charge on any atom is -0.479 e. The number of anilines is 1. The van der Waals surface area contributed by atoms with Crippen LogP contribution in [0.4, 0.5) is 5.82 Å². The second kappa shape index (κ2) is 13.0. The van der Waals surface area contributed by atoms with E-state index in [4.69, 9.17) is 9.72 Å². The molecule has 1 aliphatic heterocycles. The second-order valence-electron chi connectivity index (χ2n) is 11.0. The second-order valence-corrected chi connectivity index (χ2v) is 11.0. The lowest BCUT2D eigenvalue weighted by atomic mass is 9.86. The number of carboxylic acid groups (broad SMARTS) is 1. The van der Waals surface area contributed by atoms with Crippen LogP contribution in [0.5, 0.6) is 0 Å². The Morgan fingerprint density at radius 3 is 2.38 bits per heavy atom. The third kappa shape index (κ3) is 7.52. The SMILES string of the molecule is CNCc1ccccc1.Cc1ccc(-c2c(C)nc3c(c2C(OC(C)(C)C)C(=O)O)CCCN3C=O)cc1C. The maximum atomic E-state index is 12.4. The monoisotopic (exact) mass is 531 g/mol. The molecule has 0 saturated heterocycles. The Morgan fingerprint density at radius 2 is 1.82 bits per heavy atom. The van der Waals surface area contributed by atoms with E-state index in [1.165, 1.54) is 5.56 Å². The predicted molar refractivity (Wildman–Crippen MR) is 156 cm³/mol. The topological polar surface area (TPSA) is 91.8 Å². The minimum absolute atomic E-state index is 0.542. The first-order valence-corrected chi connectivity index (χ1v) is 13.4. The number of amides is 1. The van der Waals surface area contributed by atoms with Gasteiger partial charge < -0.3 is 15.2 Å². The molecule has 1 aliphatic rings. The van der Waals surface area contributed by atoms with Crippen LogP contribution >= 0.6 is 0 Å². The Balaban J connectivity index is 0.000000395. The van der Waals surface area contributed by atoms with Crippen molar-refractivity contribution in [1.82, 2.24) is 10.3 Å². The number of carboxylic acids is 1. The number of hydrogen-bond acceptors (Lipinski definition) is 5. The smallest absolute Gasteiger partial charge is 0.337 e. The van der Waals surface area contributed by atoms with E-state index in [0.29, 0.717) is 30.0 Å². The Hall–Kier alpha value is -3.55. The van der Waals surface area contributed by atoms with Crippen LogP contribution in [0.25, 0.3) is 11.1 Å². The summed E-state index contributed by atoms with van der Waals surface area (Å²) in [6.07, 6.45) is 1.00. The van der Waals surface area contributed by atoms with Gasteiger partial charge in [-0.25, -0.2) is 9.78 Å². The van der Waals surface area contributed by atoms with Crippen LogP contribution in [0.3, 0.4) is 0 Å². The van der Waals surface area contributed by atoms with Gasteiger partial charge in [0.1, 0.15) is 5.82 Å². The molecule has 3 aromatic rings. The quantitative estimate of drug-likeness (QED) is 0.367. The first-order chi connectivity index (χ1) is 18.5. The molecule has 2 aromatic carbocycles. The maximum absolute atomic E-state index is 12.4. The normalized spacial score (nSPS) is 13.7. The molecule has 4 rings (SSSR count). The van der Waals surface area contributed by atoms with Crippen molar-refractivity contribution in [1.29, 1.82) is 0 Å². The lowest BCUT2D eigenvalue weighted by molar-refractivity contribution is -0.160. The molecule has 7 heteroatoms. The number of pyridine rings is 1. The summed E-state index contributed by atoms with van der Waals surface area (Å²) in [6, 6.07) is 16.4. The number of nitrogens with zero attached hydrogens (tertiary/aromatic N) is 2. The van der Waals surface area contributed by atoms with Crippen molar-refractivity contribution in [2.24, 2.45) is 0 Å². The number of aliphatic carboxylic acids is 1. The highest BCUT2D eigenvalue weighted by Crippen LogP contribution is 2.42. The standard InChI is InChI=1S/C24H30N2O4.C8H11N/c1-14-9-10-17(12-15(14)2)19-16(3)25-22-18(8-7-11-26(22)13-27)20(19)21(23(28)29)30-24(4,5)6;1-9-7-8-5-3-2-4-6-8/h9-10,12-13,21H,7-8,11H2,1-6H3,(H,28,29);2-6,9H,7H2,1H3. The molecule has 2 N–H and O–H groups in total. The summed E-state index contributed by atoms with van der Waals surface area (Å²) in [5.41, 5.74) is 6.72. The first kappa shape index (κ1) is 30.0. The molecule has 1 amide bonds. The van der Waals surface area contributed by atoms with Crippen molar-refractivity contribution < 1.29 is 19.4 Å². The highest BCUT2D eigenvalue weighted by molar-refractivity contribution is 5.86. The van der Waals surface area contributed by atoms with E-state index in [9.17, 15) is 14.7 Å². The van der Waals surface area contributed by atoms with Crippen LogP contribution in [0.15, 0.2) is 48.5 Å². The van der Waals surface area contributed by atoms with Crippen LogP contribution in [0, 0.1) is 20.8 Å². The summed E-state index contributed by atoms with van der Waals surface area (Å²) in [5.74, 6) is -0.508. The molecule has 1 aromatic heterocycles. The molecular weight excluding hydrogens is 490 g/mol. The zero-order valence-electron chi connectivity index (χ0n) is 24.2. The lowest BCUT2D eigenvalue weighted by Crippen LogP contribution is -2.33. The van der Waals surface area contributed by atoms with Crippen LogP contribution in [-0.2, 0) is 27.3 Å². The minimum atomic E-state index is -1.16. The number of ether oxygens (including phenoxy) is 1. The van der Waals surface area contributed by atoms with Crippen molar-refractivity contribution in [3.63, 3.8) is 0 Å². The molecule has 7 nitrogen and oxygen atoms in total. The van der Waals surface area contributed by atoms with Gasteiger partial charge in [0, 0.05) is 35.5 Å².